The van der Waals surface area contributed by atoms with E-state index in [1.165, 1.54) is 12.1 Å². The number of aromatic nitrogens is 1. The predicted octanol–water partition coefficient (Wildman–Crippen LogP) is 3.81. The van der Waals surface area contributed by atoms with Crippen LogP contribution in [0.1, 0.15) is 18.1 Å². The standard InChI is InChI=1S/C15H13F3N4S/c1-10(11-4-3-7-19-9-11)21-22-14(23)20-13-6-2-5-12(8-13)15(16,17)18/h2-9H,1H3,(H2,20,22,23)/b21-10+. The fourth-order valence-electron chi connectivity index (χ4n) is 1.71. The van der Waals surface area contributed by atoms with Gasteiger partial charge in [-0.2, -0.15) is 18.3 Å². The van der Waals surface area contributed by atoms with E-state index in [9.17, 15) is 13.2 Å². The molecule has 0 radical (unpaired) electrons. The van der Waals surface area contributed by atoms with Gasteiger partial charge in [-0.1, -0.05) is 12.1 Å². The van der Waals surface area contributed by atoms with Crippen LogP contribution >= 0.6 is 12.2 Å². The quantitative estimate of drug-likeness (QED) is 0.508. The molecule has 0 unspecified atom stereocenters. The molecule has 1 heterocycles. The monoisotopic (exact) mass is 338 g/mol. The van der Waals surface area contributed by atoms with Crippen LogP contribution in [0.5, 0.6) is 0 Å². The third-order valence-corrected chi connectivity index (χ3v) is 3.05. The van der Waals surface area contributed by atoms with E-state index in [0.29, 0.717) is 5.71 Å². The van der Waals surface area contributed by atoms with E-state index in [1.54, 1.807) is 25.4 Å². The molecule has 2 rings (SSSR count). The number of pyridine rings is 1. The van der Waals surface area contributed by atoms with Crippen LogP contribution in [0.2, 0.25) is 0 Å². The van der Waals surface area contributed by atoms with Crippen LogP contribution in [0, 0.1) is 0 Å². The SMILES string of the molecule is C/C(=N\NC(=S)Nc1cccc(C(F)(F)F)c1)c1cccnc1. The maximum atomic E-state index is 12.6. The number of nitrogens with one attached hydrogen (secondary N) is 2. The Labute approximate surface area is 136 Å². The molecule has 0 bridgehead atoms. The van der Waals surface area contributed by atoms with Gasteiger partial charge in [0.1, 0.15) is 0 Å². The second kappa shape index (κ2) is 7.19. The molecular weight excluding hydrogens is 325 g/mol. The van der Waals surface area contributed by atoms with Crippen LogP contribution in [0.25, 0.3) is 0 Å². The molecule has 8 heteroatoms. The predicted molar refractivity (Wildman–Crippen MR) is 87.2 cm³/mol. The van der Waals surface area contributed by atoms with Gasteiger partial charge >= 0.3 is 6.18 Å². The fourth-order valence-corrected chi connectivity index (χ4v) is 1.87. The third kappa shape index (κ3) is 5.03. The molecule has 0 aliphatic rings. The first-order valence-electron chi connectivity index (χ1n) is 6.55. The normalized spacial score (nSPS) is 11.9. The highest BCUT2D eigenvalue weighted by Gasteiger charge is 2.30. The van der Waals surface area contributed by atoms with Crippen molar-refractivity contribution in [3.05, 3.63) is 59.9 Å². The van der Waals surface area contributed by atoms with E-state index in [1.807, 2.05) is 6.07 Å². The minimum absolute atomic E-state index is 0.0903. The van der Waals surface area contributed by atoms with E-state index in [0.717, 1.165) is 17.7 Å². The van der Waals surface area contributed by atoms with Crippen molar-refractivity contribution in [3.8, 4) is 0 Å². The van der Waals surface area contributed by atoms with E-state index in [-0.39, 0.29) is 10.8 Å². The summed E-state index contributed by atoms with van der Waals surface area (Å²) in [5, 5.41) is 6.81. The topological polar surface area (TPSA) is 49.3 Å². The van der Waals surface area contributed by atoms with Crippen LogP contribution in [0.3, 0.4) is 0 Å². The highest BCUT2D eigenvalue weighted by molar-refractivity contribution is 7.80. The van der Waals surface area contributed by atoms with Crippen LogP contribution in [-0.4, -0.2) is 15.8 Å². The van der Waals surface area contributed by atoms with Gasteiger partial charge in [0.2, 0.25) is 0 Å². The summed E-state index contributed by atoms with van der Waals surface area (Å²) in [5.74, 6) is 0. The lowest BCUT2D eigenvalue weighted by Crippen LogP contribution is -2.25. The number of rotatable bonds is 3. The molecule has 2 N–H and O–H groups in total. The van der Waals surface area contributed by atoms with Crippen LogP contribution in [-0.2, 0) is 6.18 Å². The van der Waals surface area contributed by atoms with Crippen molar-refractivity contribution in [2.24, 2.45) is 5.10 Å². The molecule has 1 aromatic heterocycles. The average Bonchev–Trinajstić information content (AvgIpc) is 2.53. The zero-order valence-corrected chi connectivity index (χ0v) is 12.9. The Bertz CT molecular complexity index is 714. The lowest BCUT2D eigenvalue weighted by Gasteiger charge is -2.11. The van der Waals surface area contributed by atoms with Crippen molar-refractivity contribution < 1.29 is 13.2 Å². The molecule has 0 aliphatic carbocycles. The van der Waals surface area contributed by atoms with Crippen molar-refractivity contribution in [3.63, 3.8) is 0 Å². The van der Waals surface area contributed by atoms with Gasteiger partial charge in [0.25, 0.3) is 0 Å². The first kappa shape index (κ1) is 16.9. The first-order chi connectivity index (χ1) is 10.9. The van der Waals surface area contributed by atoms with E-state index in [4.69, 9.17) is 12.2 Å². The third-order valence-electron chi connectivity index (χ3n) is 2.85. The Balaban J connectivity index is 2.00. The van der Waals surface area contributed by atoms with Crippen LogP contribution < -0.4 is 10.7 Å². The molecule has 4 nitrogen and oxygen atoms in total. The molecule has 1 aromatic carbocycles. The molecule has 0 amide bonds. The molecule has 23 heavy (non-hydrogen) atoms. The Morgan fingerprint density at radius 1 is 1.22 bits per heavy atom. The van der Waals surface area contributed by atoms with Gasteiger partial charge in [-0.15, -0.1) is 0 Å². The number of hydrogen-bond donors (Lipinski definition) is 2. The molecule has 0 fully saturated rings. The number of thiocarbonyl (C=S) groups is 1. The summed E-state index contributed by atoms with van der Waals surface area (Å²) in [4.78, 5) is 3.97. The van der Waals surface area contributed by atoms with E-state index in [2.05, 4.69) is 20.8 Å². The minimum Gasteiger partial charge on any atom is -0.331 e. The number of hydrogen-bond acceptors (Lipinski definition) is 3. The molecule has 0 atom stereocenters. The van der Waals surface area contributed by atoms with E-state index >= 15 is 0 Å². The Hall–Kier alpha value is -2.48. The highest BCUT2D eigenvalue weighted by Crippen LogP contribution is 2.30. The first-order valence-corrected chi connectivity index (χ1v) is 6.96. The largest absolute Gasteiger partial charge is 0.416 e. The molecule has 0 saturated heterocycles. The Morgan fingerprint density at radius 3 is 2.65 bits per heavy atom. The van der Waals surface area contributed by atoms with Gasteiger partial charge in [-0.3, -0.25) is 10.4 Å². The maximum Gasteiger partial charge on any atom is 0.416 e. The average molecular weight is 338 g/mol. The van der Waals surface area contributed by atoms with E-state index < -0.39 is 11.7 Å². The summed E-state index contributed by atoms with van der Waals surface area (Å²) in [6.07, 6.45) is -1.12. The Kier molecular flexibility index (Phi) is 5.28. The lowest BCUT2D eigenvalue weighted by molar-refractivity contribution is -0.137. The van der Waals surface area contributed by atoms with Crippen molar-refractivity contribution in [1.29, 1.82) is 0 Å². The smallest absolute Gasteiger partial charge is 0.331 e. The van der Waals surface area contributed by atoms with Gasteiger partial charge in [0.15, 0.2) is 5.11 Å². The highest BCUT2D eigenvalue weighted by atomic mass is 32.1. The summed E-state index contributed by atoms with van der Waals surface area (Å²) < 4.78 is 37.9. The van der Waals surface area contributed by atoms with Gasteiger partial charge in [0, 0.05) is 23.6 Å². The van der Waals surface area contributed by atoms with Crippen molar-refractivity contribution in [2.45, 2.75) is 13.1 Å². The number of nitrogens with zero attached hydrogens (tertiary/aromatic N) is 2. The second-order valence-electron chi connectivity index (χ2n) is 4.58. The molecular formula is C15H13F3N4S. The minimum atomic E-state index is -4.40. The number of hydrazone groups is 1. The molecule has 0 saturated carbocycles. The zero-order chi connectivity index (χ0) is 16.9. The fraction of sp³-hybridized carbons (Fsp3) is 0.133. The number of benzene rings is 1. The van der Waals surface area contributed by atoms with Crippen LogP contribution in [0.4, 0.5) is 18.9 Å². The molecule has 2 aromatic rings. The van der Waals surface area contributed by atoms with Gasteiger partial charge in [-0.05, 0) is 43.4 Å². The maximum absolute atomic E-state index is 12.6. The van der Waals surface area contributed by atoms with Crippen molar-refractivity contribution in [2.75, 3.05) is 5.32 Å². The Morgan fingerprint density at radius 2 is 2.00 bits per heavy atom. The van der Waals surface area contributed by atoms with Gasteiger partial charge in [0.05, 0.1) is 11.3 Å². The summed E-state index contributed by atoms with van der Waals surface area (Å²) in [6, 6.07) is 8.36. The molecule has 0 aliphatic heterocycles. The van der Waals surface area contributed by atoms with Crippen LogP contribution in [0.15, 0.2) is 53.9 Å². The summed E-state index contributed by atoms with van der Waals surface area (Å²) in [7, 11) is 0. The molecule has 120 valence electrons. The van der Waals surface area contributed by atoms with Crippen molar-refractivity contribution >= 4 is 28.7 Å². The van der Waals surface area contributed by atoms with Crippen molar-refractivity contribution in [1.82, 2.24) is 10.4 Å². The second-order valence-corrected chi connectivity index (χ2v) is 4.99. The molecule has 0 spiro atoms. The number of anilines is 1. The number of alkyl halides is 3. The summed E-state index contributed by atoms with van der Waals surface area (Å²) in [6.45, 7) is 1.76. The lowest BCUT2D eigenvalue weighted by atomic mass is 10.2. The summed E-state index contributed by atoms with van der Waals surface area (Å²) >= 11 is 5.01. The zero-order valence-electron chi connectivity index (χ0n) is 12.1. The van der Waals surface area contributed by atoms with Gasteiger partial charge < -0.3 is 5.32 Å². The summed E-state index contributed by atoms with van der Waals surface area (Å²) in [5.41, 5.74) is 3.52. The van der Waals surface area contributed by atoms with Gasteiger partial charge in [-0.25, -0.2) is 0 Å². The number of halogens is 3.